The summed E-state index contributed by atoms with van der Waals surface area (Å²) >= 11 is 5.78. The zero-order chi connectivity index (χ0) is 48.0. The zero-order valence-corrected chi connectivity index (χ0v) is 39.0. The molecule has 3 fully saturated rings. The number of hydrogen-bond donors (Lipinski definition) is 3. The highest BCUT2D eigenvalue weighted by Crippen LogP contribution is 2.33. The molecule has 4 aromatic carbocycles. The number of hydrogen-bond acceptors (Lipinski definition) is 15. The third kappa shape index (κ3) is 9.56. The van der Waals surface area contributed by atoms with E-state index < -0.39 is 0 Å². The molecule has 0 unspecified atom stereocenters. The minimum atomic E-state index is -0.168. The number of H-pyrrole nitrogens is 2. The minimum Gasteiger partial charge on any atom is -0.381 e. The predicted molar refractivity (Wildman–Crippen MR) is 265 cm³/mol. The number of aromatic nitrogens is 8. The molecular formula is C52H49ClN12O5. The molecular weight excluding hydrogens is 908 g/mol. The molecule has 3 saturated heterocycles. The number of ketones is 4. The molecule has 0 atom stereocenters. The number of piperazine rings is 2. The third-order valence-electron chi connectivity index (χ3n) is 12.7. The molecule has 0 spiro atoms. The number of anilines is 2. The first-order valence-corrected chi connectivity index (χ1v) is 23.9. The summed E-state index contributed by atoms with van der Waals surface area (Å²) in [5, 5.41) is 3.29. The van der Waals surface area contributed by atoms with Crippen molar-refractivity contribution in [2.75, 3.05) is 75.4 Å². The average molecular weight is 957 g/mol. The summed E-state index contributed by atoms with van der Waals surface area (Å²) in [4.78, 5) is 90.6. The molecule has 17 nitrogen and oxygen atoms in total. The Labute approximate surface area is 407 Å². The number of benzene rings is 4. The molecule has 354 valence electrons. The number of fused-ring (bicyclic) bond motifs is 8. The van der Waals surface area contributed by atoms with Crippen molar-refractivity contribution in [1.82, 2.24) is 50.1 Å². The van der Waals surface area contributed by atoms with Crippen LogP contribution in [0, 0.1) is 0 Å². The SMILES string of the molecule is C1CCOC1.O=C1c2ccccc2C(=O)c2c1ccc1[nH]c(CCl)nc21.O=C1c2ccccc2C(=O)c2c1ccc1[nH]c(CN3CCN(c4ncccn4)CC3)nc21.c1cnc(N2CCNCC2)nc1. The highest BCUT2D eigenvalue weighted by Gasteiger charge is 2.33. The number of aromatic amines is 2. The maximum absolute atomic E-state index is 13.2. The molecule has 18 heteroatoms. The van der Waals surface area contributed by atoms with Crippen LogP contribution in [-0.4, -0.2) is 133 Å². The normalized spacial score (nSPS) is 16.2. The molecule has 0 amide bonds. The first-order chi connectivity index (χ1) is 34.4. The summed E-state index contributed by atoms with van der Waals surface area (Å²) in [6.07, 6.45) is 9.64. The van der Waals surface area contributed by atoms with Gasteiger partial charge >= 0.3 is 0 Å². The van der Waals surface area contributed by atoms with Gasteiger partial charge in [-0.15, -0.1) is 11.6 Å². The van der Waals surface area contributed by atoms with E-state index in [0.29, 0.717) is 73.4 Å². The second kappa shape index (κ2) is 21.0. The van der Waals surface area contributed by atoms with Crippen LogP contribution in [0.1, 0.15) is 88.2 Å². The molecule has 0 bridgehead atoms. The smallest absolute Gasteiger partial charge is 0.225 e. The van der Waals surface area contributed by atoms with Crippen LogP contribution in [0.4, 0.5) is 11.9 Å². The number of alkyl halides is 1. The zero-order valence-electron chi connectivity index (χ0n) is 38.2. The summed E-state index contributed by atoms with van der Waals surface area (Å²) in [7, 11) is 0. The first-order valence-electron chi connectivity index (χ1n) is 23.4. The van der Waals surface area contributed by atoms with Crippen molar-refractivity contribution in [2.24, 2.45) is 0 Å². The Morgan fingerprint density at radius 2 is 0.943 bits per heavy atom. The first kappa shape index (κ1) is 46.2. The van der Waals surface area contributed by atoms with E-state index in [-0.39, 0.29) is 29.0 Å². The lowest BCUT2D eigenvalue weighted by Gasteiger charge is -2.34. The van der Waals surface area contributed by atoms with Gasteiger partial charge < -0.3 is 29.8 Å². The fourth-order valence-electron chi connectivity index (χ4n) is 9.15. The summed E-state index contributed by atoms with van der Waals surface area (Å²) in [6, 6.07) is 24.5. The lowest BCUT2D eigenvalue weighted by atomic mass is 9.83. The van der Waals surface area contributed by atoms with Crippen molar-refractivity contribution < 1.29 is 23.9 Å². The topological polar surface area (TPSA) is 208 Å². The van der Waals surface area contributed by atoms with E-state index in [1.807, 2.05) is 18.2 Å². The molecule has 8 aromatic rings. The molecule has 5 aliphatic rings. The van der Waals surface area contributed by atoms with Crippen LogP contribution < -0.4 is 15.1 Å². The van der Waals surface area contributed by atoms with Crippen LogP contribution in [0.2, 0.25) is 0 Å². The van der Waals surface area contributed by atoms with Crippen LogP contribution in [0.25, 0.3) is 22.1 Å². The summed E-state index contributed by atoms with van der Waals surface area (Å²) in [5.41, 5.74) is 5.94. The minimum absolute atomic E-state index is 0.124. The van der Waals surface area contributed by atoms with Gasteiger partial charge in [0.2, 0.25) is 11.9 Å². The van der Waals surface area contributed by atoms with Gasteiger partial charge in [-0.1, -0.05) is 48.5 Å². The van der Waals surface area contributed by atoms with Crippen LogP contribution in [-0.2, 0) is 17.2 Å². The van der Waals surface area contributed by atoms with Crippen LogP contribution >= 0.6 is 11.6 Å². The van der Waals surface area contributed by atoms with Crippen molar-refractivity contribution >= 4 is 68.7 Å². The van der Waals surface area contributed by atoms with E-state index in [1.165, 1.54) is 12.8 Å². The Balaban J connectivity index is 0.000000127. The Morgan fingerprint density at radius 3 is 1.40 bits per heavy atom. The number of carbonyl (C=O) groups excluding carboxylic acids is 4. The highest BCUT2D eigenvalue weighted by molar-refractivity contribution is 6.32. The number of ether oxygens (including phenoxy) is 1. The fourth-order valence-corrected chi connectivity index (χ4v) is 9.28. The Hall–Kier alpha value is -7.57. The average Bonchev–Trinajstić information content (AvgIpc) is 4.24. The van der Waals surface area contributed by atoms with Crippen LogP contribution in [0.5, 0.6) is 0 Å². The largest absolute Gasteiger partial charge is 0.381 e. The third-order valence-corrected chi connectivity index (χ3v) is 12.9. The van der Waals surface area contributed by atoms with Gasteiger partial charge in [-0.2, -0.15) is 0 Å². The number of carbonyl (C=O) groups is 4. The lowest BCUT2D eigenvalue weighted by molar-refractivity contribution is 0.0980. The van der Waals surface area contributed by atoms with Crippen molar-refractivity contribution in [3.8, 4) is 0 Å². The van der Waals surface area contributed by atoms with Crippen molar-refractivity contribution in [2.45, 2.75) is 25.3 Å². The van der Waals surface area contributed by atoms with E-state index in [4.69, 9.17) is 21.3 Å². The summed E-state index contributed by atoms with van der Waals surface area (Å²) in [6.45, 7) is 10.1. The highest BCUT2D eigenvalue weighted by atomic mass is 35.5. The second-order valence-electron chi connectivity index (χ2n) is 17.1. The van der Waals surface area contributed by atoms with E-state index in [9.17, 15) is 19.2 Å². The molecule has 0 radical (unpaired) electrons. The summed E-state index contributed by atoms with van der Waals surface area (Å²) < 4.78 is 4.94. The van der Waals surface area contributed by atoms with Crippen LogP contribution in [0.15, 0.2) is 110 Å². The predicted octanol–water partition coefficient (Wildman–Crippen LogP) is 6.21. The second-order valence-corrected chi connectivity index (χ2v) is 17.4. The molecule has 70 heavy (non-hydrogen) atoms. The molecule has 13 rings (SSSR count). The number of halogens is 1. The van der Waals surface area contributed by atoms with Gasteiger partial charge in [0.25, 0.3) is 0 Å². The Kier molecular flexibility index (Phi) is 13.8. The van der Waals surface area contributed by atoms with Gasteiger partial charge in [0.15, 0.2) is 23.1 Å². The van der Waals surface area contributed by atoms with Gasteiger partial charge in [0, 0.05) is 124 Å². The number of nitrogens with one attached hydrogen (secondary N) is 3. The quantitative estimate of drug-likeness (QED) is 0.164. The fraction of sp³-hybridized carbons (Fsp3) is 0.269. The monoisotopic (exact) mass is 956 g/mol. The number of rotatable bonds is 5. The van der Waals surface area contributed by atoms with E-state index >= 15 is 0 Å². The van der Waals surface area contributed by atoms with E-state index in [2.05, 4.69) is 54.9 Å². The molecule has 0 saturated carbocycles. The molecule has 3 N–H and O–H groups in total. The molecule has 4 aromatic heterocycles. The van der Waals surface area contributed by atoms with Crippen molar-refractivity contribution in [1.29, 1.82) is 0 Å². The van der Waals surface area contributed by atoms with Crippen molar-refractivity contribution in [3.63, 3.8) is 0 Å². The Bertz CT molecular complexity index is 3190. The maximum atomic E-state index is 13.2. The number of imidazole rings is 2. The van der Waals surface area contributed by atoms with E-state index in [0.717, 1.165) is 88.8 Å². The van der Waals surface area contributed by atoms with Crippen LogP contribution in [0.3, 0.4) is 0 Å². The van der Waals surface area contributed by atoms with Gasteiger partial charge in [0.1, 0.15) is 22.7 Å². The standard InChI is InChI=1S/C24H20N6O2.C16H9ClN2O2.C8H12N4.C4H8O/c31-22-15-4-1-2-5-16(15)23(32)20-17(22)6-7-18-21(20)28-19(27-18)14-29-10-12-30(13-11-29)24-25-8-3-9-26-24;17-7-12-18-11-6-5-10-13(14(11)19-12)16(21)9-4-2-1-3-8(9)15(10)20;1-2-10-8(11-3-1)12-6-4-9-5-7-12;1-2-4-5-3-1/h1-9H,10-14H2,(H,27,28);1-6H,7H2,(H,18,19);1-3,9H,4-7H2;1-4H2. The lowest BCUT2D eigenvalue weighted by Crippen LogP contribution is -2.46. The molecule has 2 aliphatic carbocycles. The van der Waals surface area contributed by atoms with Gasteiger partial charge in [-0.3, -0.25) is 24.1 Å². The Morgan fingerprint density at radius 1 is 0.500 bits per heavy atom. The van der Waals surface area contributed by atoms with Gasteiger partial charge in [0.05, 0.1) is 34.6 Å². The molecule has 3 aliphatic heterocycles. The maximum Gasteiger partial charge on any atom is 0.225 e. The van der Waals surface area contributed by atoms with Gasteiger partial charge in [-0.05, 0) is 49.2 Å². The van der Waals surface area contributed by atoms with E-state index in [1.54, 1.807) is 91.5 Å². The van der Waals surface area contributed by atoms with Gasteiger partial charge in [-0.25, -0.2) is 29.9 Å². The number of nitrogens with zero attached hydrogens (tertiary/aromatic N) is 9. The molecule has 7 heterocycles. The summed E-state index contributed by atoms with van der Waals surface area (Å²) in [5.74, 6) is 2.62. The van der Waals surface area contributed by atoms with Crippen molar-refractivity contribution in [3.05, 3.63) is 166 Å².